The Hall–Kier alpha value is -1.77. The highest BCUT2D eigenvalue weighted by Gasteiger charge is 2.19. The quantitative estimate of drug-likeness (QED) is 0.856. The molecule has 6 nitrogen and oxygen atoms in total. The van der Waals surface area contributed by atoms with Gasteiger partial charge in [0.15, 0.2) is 0 Å². The first-order valence-electron chi connectivity index (χ1n) is 6.03. The molecule has 0 atom stereocenters. The number of hydrogen-bond acceptors (Lipinski definition) is 5. The molecule has 2 rings (SSSR count). The molecule has 2 N–H and O–H groups in total. The lowest BCUT2D eigenvalue weighted by atomic mass is 10.1. The normalized spacial score (nSPS) is 11.2. The third-order valence-electron chi connectivity index (χ3n) is 2.77. The second-order valence-electron chi connectivity index (χ2n) is 4.60. The monoisotopic (exact) mass is 360 g/mol. The average Bonchev–Trinajstić information content (AvgIpc) is 2.85. The number of nitrogens with one attached hydrogen (secondary N) is 1. The molecule has 0 unspecified atom stereocenters. The largest absolute Gasteiger partial charge is 0.478 e. The first-order valence-corrected chi connectivity index (χ1v) is 8.71. The van der Waals surface area contributed by atoms with Crippen LogP contribution in [0.5, 0.6) is 0 Å². The van der Waals surface area contributed by atoms with Crippen molar-refractivity contribution in [1.29, 1.82) is 0 Å². The Labute approximate surface area is 137 Å². The number of benzene rings is 1. The van der Waals surface area contributed by atoms with E-state index < -0.39 is 16.0 Å². The number of rotatable bonds is 5. The molecule has 118 valence electrons. The molecular formula is C13H13ClN2O4S2. The Bertz CT molecular complexity index is 815. The first-order chi connectivity index (χ1) is 10.2. The standard InChI is InChI=1S/C13H13ClN2O4S2/c1-16(2)10-4-3-8(7-9(10)13(17)18)15-22(19,20)12-6-5-11(14)21-12/h3-7,15H,1-2H3,(H,17,18). The van der Waals surface area contributed by atoms with Crippen LogP contribution in [-0.4, -0.2) is 33.6 Å². The lowest BCUT2D eigenvalue weighted by Gasteiger charge is -2.16. The Morgan fingerprint density at radius 1 is 1.27 bits per heavy atom. The van der Waals surface area contributed by atoms with Crippen molar-refractivity contribution in [3.05, 3.63) is 40.2 Å². The first kappa shape index (κ1) is 16.6. The maximum absolute atomic E-state index is 12.2. The van der Waals surface area contributed by atoms with Crippen LogP contribution in [0.2, 0.25) is 4.34 Å². The molecule has 0 radical (unpaired) electrons. The minimum Gasteiger partial charge on any atom is -0.478 e. The second kappa shape index (κ2) is 6.15. The third-order valence-corrected chi connectivity index (χ3v) is 5.88. The Kier molecular flexibility index (Phi) is 4.64. The van der Waals surface area contributed by atoms with Gasteiger partial charge < -0.3 is 10.0 Å². The van der Waals surface area contributed by atoms with Crippen LogP contribution in [0.15, 0.2) is 34.5 Å². The highest BCUT2D eigenvalue weighted by atomic mass is 35.5. The number of halogens is 1. The van der Waals surface area contributed by atoms with Gasteiger partial charge >= 0.3 is 5.97 Å². The molecule has 0 aliphatic carbocycles. The molecule has 9 heteroatoms. The molecule has 22 heavy (non-hydrogen) atoms. The predicted octanol–water partition coefficient (Wildman–Crippen LogP) is 2.97. The Morgan fingerprint density at radius 3 is 2.45 bits per heavy atom. The summed E-state index contributed by atoms with van der Waals surface area (Å²) in [5.41, 5.74) is 0.663. The number of carbonyl (C=O) groups is 1. The van der Waals surface area contributed by atoms with Crippen molar-refractivity contribution in [2.75, 3.05) is 23.7 Å². The molecule has 0 spiro atoms. The smallest absolute Gasteiger partial charge is 0.337 e. The molecule has 0 saturated heterocycles. The van der Waals surface area contributed by atoms with Crippen molar-refractivity contribution in [2.24, 2.45) is 0 Å². The number of carboxylic acids is 1. The van der Waals surface area contributed by atoms with Crippen molar-refractivity contribution >= 4 is 50.3 Å². The van der Waals surface area contributed by atoms with Crippen molar-refractivity contribution in [3.8, 4) is 0 Å². The zero-order chi connectivity index (χ0) is 16.5. The number of anilines is 2. The molecule has 0 fully saturated rings. The van der Waals surface area contributed by atoms with Crippen molar-refractivity contribution in [3.63, 3.8) is 0 Å². The van der Waals surface area contributed by atoms with Crippen LogP contribution in [0.25, 0.3) is 0 Å². The molecule has 2 aromatic rings. The van der Waals surface area contributed by atoms with E-state index in [-0.39, 0.29) is 15.5 Å². The zero-order valence-corrected chi connectivity index (χ0v) is 14.1. The fourth-order valence-corrected chi connectivity index (χ4v) is 4.34. The molecule has 1 aromatic heterocycles. The molecule has 0 amide bonds. The SMILES string of the molecule is CN(C)c1ccc(NS(=O)(=O)c2ccc(Cl)s2)cc1C(=O)O. The summed E-state index contributed by atoms with van der Waals surface area (Å²) in [5, 5.41) is 9.24. The van der Waals surface area contributed by atoms with Gasteiger partial charge in [-0.25, -0.2) is 13.2 Å². The van der Waals surface area contributed by atoms with Gasteiger partial charge in [-0.1, -0.05) is 11.6 Å². The van der Waals surface area contributed by atoms with Gasteiger partial charge in [0.25, 0.3) is 10.0 Å². The number of hydrogen-bond donors (Lipinski definition) is 2. The third kappa shape index (κ3) is 3.52. The summed E-state index contributed by atoms with van der Waals surface area (Å²) in [6, 6.07) is 7.21. The van der Waals surface area contributed by atoms with Gasteiger partial charge in [-0.2, -0.15) is 0 Å². The molecule has 0 aliphatic rings. The highest BCUT2D eigenvalue weighted by Crippen LogP contribution is 2.29. The summed E-state index contributed by atoms with van der Waals surface area (Å²) in [6.07, 6.45) is 0. The van der Waals surface area contributed by atoms with Gasteiger partial charge in [0.1, 0.15) is 4.21 Å². The topological polar surface area (TPSA) is 86.7 Å². The van der Waals surface area contributed by atoms with E-state index in [4.69, 9.17) is 11.6 Å². The number of nitrogens with zero attached hydrogens (tertiary/aromatic N) is 1. The van der Waals surface area contributed by atoms with E-state index in [1.54, 1.807) is 25.1 Å². The summed E-state index contributed by atoms with van der Waals surface area (Å²) in [5.74, 6) is -1.14. The minimum atomic E-state index is -3.79. The second-order valence-corrected chi connectivity index (χ2v) is 8.22. The van der Waals surface area contributed by atoms with Gasteiger partial charge in [-0.3, -0.25) is 4.72 Å². The summed E-state index contributed by atoms with van der Waals surface area (Å²) < 4.78 is 27.2. The van der Waals surface area contributed by atoms with E-state index >= 15 is 0 Å². The fraction of sp³-hybridized carbons (Fsp3) is 0.154. The summed E-state index contributed by atoms with van der Waals surface area (Å²) in [6.45, 7) is 0. The molecule has 1 aromatic carbocycles. The van der Waals surface area contributed by atoms with E-state index in [1.165, 1.54) is 24.3 Å². The predicted molar refractivity (Wildman–Crippen MR) is 87.9 cm³/mol. The number of carboxylic acid groups (broad SMARTS) is 1. The number of thiophene rings is 1. The van der Waals surface area contributed by atoms with Crippen LogP contribution < -0.4 is 9.62 Å². The van der Waals surface area contributed by atoms with E-state index in [1.807, 2.05) is 0 Å². The van der Waals surface area contributed by atoms with E-state index in [0.717, 1.165) is 11.3 Å². The molecule has 1 heterocycles. The summed E-state index contributed by atoms with van der Waals surface area (Å²) in [7, 11) is -0.375. The van der Waals surface area contributed by atoms with Gasteiger partial charge in [0, 0.05) is 19.8 Å². The molecule has 0 aliphatic heterocycles. The van der Waals surface area contributed by atoms with Gasteiger partial charge in [-0.15, -0.1) is 11.3 Å². The van der Waals surface area contributed by atoms with Gasteiger partial charge in [0.05, 0.1) is 15.6 Å². The van der Waals surface area contributed by atoms with Crippen molar-refractivity contribution < 1.29 is 18.3 Å². The van der Waals surface area contributed by atoms with Crippen LogP contribution in [0, 0.1) is 0 Å². The van der Waals surface area contributed by atoms with Crippen LogP contribution in [0.3, 0.4) is 0 Å². The van der Waals surface area contributed by atoms with Crippen molar-refractivity contribution in [2.45, 2.75) is 4.21 Å². The molecule has 0 bridgehead atoms. The number of aromatic carboxylic acids is 1. The van der Waals surface area contributed by atoms with Gasteiger partial charge in [0.2, 0.25) is 0 Å². The Balaban J connectivity index is 2.38. The Morgan fingerprint density at radius 2 is 1.95 bits per heavy atom. The van der Waals surface area contributed by atoms with Crippen LogP contribution >= 0.6 is 22.9 Å². The highest BCUT2D eigenvalue weighted by molar-refractivity contribution is 7.94. The zero-order valence-electron chi connectivity index (χ0n) is 11.7. The van der Waals surface area contributed by atoms with E-state index in [2.05, 4.69) is 4.72 Å². The summed E-state index contributed by atoms with van der Waals surface area (Å²) in [4.78, 5) is 12.9. The maximum Gasteiger partial charge on any atom is 0.337 e. The lowest BCUT2D eigenvalue weighted by molar-refractivity contribution is 0.0697. The minimum absolute atomic E-state index is 0.00871. The van der Waals surface area contributed by atoms with E-state index in [9.17, 15) is 18.3 Å². The average molecular weight is 361 g/mol. The van der Waals surface area contributed by atoms with E-state index in [0.29, 0.717) is 10.0 Å². The molecule has 0 saturated carbocycles. The van der Waals surface area contributed by atoms with Crippen LogP contribution in [0.1, 0.15) is 10.4 Å². The van der Waals surface area contributed by atoms with Crippen LogP contribution in [0.4, 0.5) is 11.4 Å². The lowest BCUT2D eigenvalue weighted by Crippen LogP contribution is -2.16. The fourth-order valence-electron chi connectivity index (χ4n) is 1.81. The maximum atomic E-state index is 12.2. The summed E-state index contributed by atoms with van der Waals surface area (Å²) >= 11 is 6.66. The van der Waals surface area contributed by atoms with Crippen molar-refractivity contribution in [1.82, 2.24) is 0 Å². The van der Waals surface area contributed by atoms with Gasteiger partial charge in [-0.05, 0) is 30.3 Å². The number of sulfonamides is 1. The molecular weight excluding hydrogens is 348 g/mol. The van der Waals surface area contributed by atoms with Crippen LogP contribution in [-0.2, 0) is 10.0 Å².